The number of benzene rings is 1. The summed E-state index contributed by atoms with van der Waals surface area (Å²) < 4.78 is 49.5. The quantitative estimate of drug-likeness (QED) is 0.520. The second-order valence-corrected chi connectivity index (χ2v) is 2.50. The van der Waals surface area contributed by atoms with E-state index in [-0.39, 0.29) is 0 Å². The van der Waals surface area contributed by atoms with Crippen molar-refractivity contribution in [3.63, 3.8) is 0 Å². The molecule has 0 heterocycles. The Labute approximate surface area is 76.6 Å². The molecule has 0 atom stereocenters. The Balaban J connectivity index is 3.49. The second kappa shape index (κ2) is 3.18. The molecule has 0 saturated carbocycles. The highest BCUT2D eigenvalue weighted by molar-refractivity contribution is 5.52. The third kappa shape index (κ3) is 1.62. The van der Waals surface area contributed by atoms with Crippen LogP contribution in [0, 0.1) is 17.1 Å². The molecule has 2 nitrogen and oxygen atoms in total. The number of nitriles is 1. The monoisotopic (exact) mass is 204 g/mol. The van der Waals surface area contributed by atoms with E-state index in [0.717, 1.165) is 12.1 Å². The van der Waals surface area contributed by atoms with Gasteiger partial charge in [0.1, 0.15) is 11.6 Å². The Morgan fingerprint density at radius 3 is 2.29 bits per heavy atom. The van der Waals surface area contributed by atoms with Crippen LogP contribution in [0.2, 0.25) is 0 Å². The third-order valence-corrected chi connectivity index (χ3v) is 1.59. The molecule has 0 bridgehead atoms. The van der Waals surface area contributed by atoms with Crippen LogP contribution in [0.3, 0.4) is 0 Å². The SMILES string of the molecule is N#Cc1c(C(F)(F)F)ccc(N)c1F. The number of nitrogens with two attached hydrogens (primary N) is 1. The van der Waals surface area contributed by atoms with Crippen LogP contribution < -0.4 is 5.73 Å². The maximum atomic E-state index is 12.9. The van der Waals surface area contributed by atoms with E-state index in [2.05, 4.69) is 0 Å². The largest absolute Gasteiger partial charge is 0.417 e. The highest BCUT2D eigenvalue weighted by atomic mass is 19.4. The molecule has 0 fully saturated rings. The van der Waals surface area contributed by atoms with Crippen molar-refractivity contribution in [2.24, 2.45) is 0 Å². The van der Waals surface area contributed by atoms with Gasteiger partial charge in [0.05, 0.1) is 11.3 Å². The van der Waals surface area contributed by atoms with E-state index < -0.39 is 28.8 Å². The van der Waals surface area contributed by atoms with Crippen molar-refractivity contribution in [2.75, 3.05) is 5.73 Å². The standard InChI is InChI=1S/C8H4F4N2/c9-7-4(3-13)5(8(10,11)12)1-2-6(7)14/h1-2H,14H2. The molecule has 14 heavy (non-hydrogen) atoms. The minimum absolute atomic E-state index is 0.477. The summed E-state index contributed by atoms with van der Waals surface area (Å²) in [7, 11) is 0. The summed E-state index contributed by atoms with van der Waals surface area (Å²) in [6.45, 7) is 0. The average molecular weight is 204 g/mol. The van der Waals surface area contributed by atoms with E-state index in [1.54, 1.807) is 0 Å². The molecule has 0 aliphatic carbocycles. The predicted molar refractivity (Wildman–Crippen MR) is 40.5 cm³/mol. The topological polar surface area (TPSA) is 49.8 Å². The minimum Gasteiger partial charge on any atom is -0.396 e. The van der Waals surface area contributed by atoms with Crippen molar-refractivity contribution < 1.29 is 17.6 Å². The minimum atomic E-state index is -4.75. The lowest BCUT2D eigenvalue weighted by Crippen LogP contribution is -2.10. The lowest BCUT2D eigenvalue weighted by molar-refractivity contribution is -0.137. The zero-order chi connectivity index (χ0) is 10.9. The number of hydrogen-bond acceptors (Lipinski definition) is 2. The smallest absolute Gasteiger partial charge is 0.396 e. The van der Waals surface area contributed by atoms with E-state index in [9.17, 15) is 17.6 Å². The highest BCUT2D eigenvalue weighted by Crippen LogP contribution is 2.34. The first-order chi connectivity index (χ1) is 6.38. The lowest BCUT2D eigenvalue weighted by Gasteiger charge is -2.09. The Hall–Kier alpha value is -1.77. The number of nitrogens with zero attached hydrogens (tertiary/aromatic N) is 1. The fourth-order valence-electron chi connectivity index (χ4n) is 0.938. The van der Waals surface area contributed by atoms with Gasteiger partial charge in [-0.1, -0.05) is 0 Å². The molecule has 2 N–H and O–H groups in total. The number of anilines is 1. The zero-order valence-electron chi connectivity index (χ0n) is 6.69. The average Bonchev–Trinajstić information content (AvgIpc) is 2.07. The Morgan fingerprint density at radius 1 is 1.29 bits per heavy atom. The first-order valence-corrected chi connectivity index (χ1v) is 3.43. The van der Waals surface area contributed by atoms with Gasteiger partial charge in [0.15, 0.2) is 5.82 Å². The number of alkyl halides is 3. The van der Waals surface area contributed by atoms with E-state index in [0.29, 0.717) is 6.07 Å². The van der Waals surface area contributed by atoms with Gasteiger partial charge in [-0.2, -0.15) is 18.4 Å². The van der Waals surface area contributed by atoms with Gasteiger partial charge in [0.2, 0.25) is 0 Å². The Morgan fingerprint density at radius 2 is 1.86 bits per heavy atom. The Bertz CT molecular complexity index is 403. The summed E-state index contributed by atoms with van der Waals surface area (Å²) >= 11 is 0. The fourth-order valence-corrected chi connectivity index (χ4v) is 0.938. The van der Waals surface area contributed by atoms with Crippen molar-refractivity contribution in [1.82, 2.24) is 0 Å². The molecule has 0 aliphatic heterocycles. The molecular formula is C8H4F4N2. The van der Waals surface area contributed by atoms with Crippen molar-refractivity contribution in [3.8, 4) is 6.07 Å². The van der Waals surface area contributed by atoms with Crippen LogP contribution in [0.1, 0.15) is 11.1 Å². The van der Waals surface area contributed by atoms with Crippen LogP contribution in [0.15, 0.2) is 12.1 Å². The molecule has 1 rings (SSSR count). The normalized spacial score (nSPS) is 11.1. The van der Waals surface area contributed by atoms with Crippen LogP contribution in [-0.4, -0.2) is 0 Å². The Kier molecular flexibility index (Phi) is 2.34. The van der Waals surface area contributed by atoms with Crippen LogP contribution in [-0.2, 0) is 6.18 Å². The third-order valence-electron chi connectivity index (χ3n) is 1.59. The van der Waals surface area contributed by atoms with E-state index >= 15 is 0 Å². The van der Waals surface area contributed by atoms with Gasteiger partial charge in [-0.15, -0.1) is 0 Å². The van der Waals surface area contributed by atoms with Gasteiger partial charge < -0.3 is 5.73 Å². The first kappa shape index (κ1) is 10.3. The lowest BCUT2D eigenvalue weighted by atomic mass is 10.1. The molecule has 0 unspecified atom stereocenters. The van der Waals surface area contributed by atoms with Crippen LogP contribution in [0.5, 0.6) is 0 Å². The molecule has 1 aromatic carbocycles. The van der Waals surface area contributed by atoms with Crippen LogP contribution in [0.25, 0.3) is 0 Å². The molecule has 6 heteroatoms. The maximum absolute atomic E-state index is 12.9. The van der Waals surface area contributed by atoms with Crippen LogP contribution in [0.4, 0.5) is 23.2 Å². The summed E-state index contributed by atoms with van der Waals surface area (Å²) in [5.74, 6) is -1.33. The number of hydrogen-bond donors (Lipinski definition) is 1. The van der Waals surface area contributed by atoms with Gasteiger partial charge in [0.25, 0.3) is 0 Å². The zero-order valence-corrected chi connectivity index (χ0v) is 6.69. The summed E-state index contributed by atoms with van der Waals surface area (Å²) in [4.78, 5) is 0. The van der Waals surface area contributed by atoms with Crippen molar-refractivity contribution >= 4 is 5.69 Å². The van der Waals surface area contributed by atoms with Gasteiger partial charge in [-0.05, 0) is 12.1 Å². The number of nitrogen functional groups attached to an aromatic ring is 1. The van der Waals surface area contributed by atoms with Crippen molar-refractivity contribution in [1.29, 1.82) is 5.26 Å². The summed E-state index contributed by atoms with van der Waals surface area (Å²) in [5.41, 5.74) is 2.15. The number of rotatable bonds is 0. The van der Waals surface area contributed by atoms with Gasteiger partial charge in [0, 0.05) is 0 Å². The van der Waals surface area contributed by atoms with Gasteiger partial charge in [-0.3, -0.25) is 0 Å². The molecule has 1 aromatic rings. The molecule has 0 aliphatic rings. The highest BCUT2D eigenvalue weighted by Gasteiger charge is 2.35. The molecule has 74 valence electrons. The molecular weight excluding hydrogens is 200 g/mol. The van der Waals surface area contributed by atoms with Crippen LogP contribution >= 0.6 is 0 Å². The summed E-state index contributed by atoms with van der Waals surface area (Å²) in [5, 5.41) is 8.34. The molecule has 0 saturated heterocycles. The van der Waals surface area contributed by atoms with Gasteiger partial charge >= 0.3 is 6.18 Å². The van der Waals surface area contributed by atoms with E-state index in [1.165, 1.54) is 0 Å². The second-order valence-electron chi connectivity index (χ2n) is 2.50. The van der Waals surface area contributed by atoms with E-state index in [4.69, 9.17) is 11.0 Å². The first-order valence-electron chi connectivity index (χ1n) is 3.43. The van der Waals surface area contributed by atoms with Crippen molar-refractivity contribution in [3.05, 3.63) is 29.1 Å². The molecule has 0 aromatic heterocycles. The van der Waals surface area contributed by atoms with Gasteiger partial charge in [-0.25, -0.2) is 4.39 Å². The predicted octanol–water partition coefficient (Wildman–Crippen LogP) is 2.30. The summed E-state index contributed by atoms with van der Waals surface area (Å²) in [6, 6.07) is 2.49. The molecule has 0 amide bonds. The summed E-state index contributed by atoms with van der Waals surface area (Å²) in [6.07, 6.45) is -4.75. The molecule has 0 radical (unpaired) electrons. The fraction of sp³-hybridized carbons (Fsp3) is 0.125. The van der Waals surface area contributed by atoms with E-state index in [1.807, 2.05) is 0 Å². The van der Waals surface area contributed by atoms with Crippen molar-refractivity contribution in [2.45, 2.75) is 6.18 Å². The number of halogens is 4. The maximum Gasteiger partial charge on any atom is 0.417 e. The molecule has 0 spiro atoms.